The first-order valence-corrected chi connectivity index (χ1v) is 15.5. The summed E-state index contributed by atoms with van der Waals surface area (Å²) >= 11 is 0. The standard InChI is InChI=1S/C36H38N8O2/c1-39-31(25-41-17-5-3-7-35(39)41)27-45-33-13-9-29(10-14-33)23-37-43-19-21-44(22-20-43)38-24-30-11-15-34(16-12-30)46-28-32-26-42-18-6-4-8-36(42)40(32)2/h3-18,23-26H,19-22,27-28H2,1-2H3/q+2/b37-23-,38-24-. The molecule has 4 aromatic heterocycles. The van der Waals surface area contributed by atoms with Crippen molar-refractivity contribution in [1.82, 2.24) is 19.2 Å². The number of ether oxygens (including phenoxy) is 2. The molecule has 0 radical (unpaired) electrons. The summed E-state index contributed by atoms with van der Waals surface area (Å²) in [5, 5.41) is 13.6. The van der Waals surface area contributed by atoms with Crippen LogP contribution in [0.4, 0.5) is 0 Å². The van der Waals surface area contributed by atoms with Crippen LogP contribution in [0.25, 0.3) is 11.3 Å². The Bertz CT molecular complexity index is 1840. The van der Waals surface area contributed by atoms with Crippen LogP contribution in [0.5, 0.6) is 11.5 Å². The van der Waals surface area contributed by atoms with Crippen molar-refractivity contribution in [3.05, 3.63) is 132 Å². The molecule has 6 aromatic rings. The maximum Gasteiger partial charge on any atom is 0.286 e. The van der Waals surface area contributed by atoms with Gasteiger partial charge >= 0.3 is 0 Å². The van der Waals surface area contributed by atoms with E-state index < -0.39 is 0 Å². The van der Waals surface area contributed by atoms with Crippen LogP contribution < -0.4 is 18.3 Å². The maximum absolute atomic E-state index is 6.05. The van der Waals surface area contributed by atoms with Gasteiger partial charge in [0, 0.05) is 12.1 Å². The summed E-state index contributed by atoms with van der Waals surface area (Å²) in [4.78, 5) is 0. The van der Waals surface area contributed by atoms with Gasteiger partial charge in [-0.2, -0.15) is 10.2 Å². The van der Waals surface area contributed by atoms with Crippen molar-refractivity contribution < 1.29 is 18.3 Å². The summed E-state index contributed by atoms with van der Waals surface area (Å²) in [6.45, 7) is 4.28. The van der Waals surface area contributed by atoms with Crippen LogP contribution in [0.15, 0.2) is 120 Å². The molecular weight excluding hydrogens is 576 g/mol. The number of imidazole rings is 2. The van der Waals surface area contributed by atoms with Crippen LogP contribution in [-0.2, 0) is 27.3 Å². The molecule has 10 nitrogen and oxygen atoms in total. The topological polar surface area (TPSA) is 67.7 Å². The van der Waals surface area contributed by atoms with Crippen LogP contribution in [-0.4, -0.2) is 57.8 Å². The summed E-state index contributed by atoms with van der Waals surface area (Å²) in [5.41, 5.74) is 6.55. The highest BCUT2D eigenvalue weighted by Gasteiger charge is 2.16. The smallest absolute Gasteiger partial charge is 0.286 e. The van der Waals surface area contributed by atoms with Gasteiger partial charge in [-0.05, 0) is 71.8 Å². The molecule has 1 aliphatic rings. The summed E-state index contributed by atoms with van der Waals surface area (Å²) in [5.74, 6) is 1.67. The number of piperazine rings is 1. The molecule has 0 unspecified atom stereocenters. The van der Waals surface area contributed by atoms with E-state index in [1.165, 1.54) is 0 Å². The molecular formula is C36H38N8O2+2. The zero-order valence-electron chi connectivity index (χ0n) is 26.2. The van der Waals surface area contributed by atoms with Gasteiger partial charge in [0.2, 0.25) is 0 Å². The molecule has 0 saturated carbocycles. The van der Waals surface area contributed by atoms with Crippen molar-refractivity contribution in [2.45, 2.75) is 13.2 Å². The highest BCUT2D eigenvalue weighted by molar-refractivity contribution is 5.80. The van der Waals surface area contributed by atoms with Gasteiger partial charge in [-0.15, -0.1) is 0 Å². The largest absolute Gasteiger partial charge is 0.485 e. The number of hydrogen-bond acceptors (Lipinski definition) is 6. The van der Waals surface area contributed by atoms with Crippen LogP contribution in [0.1, 0.15) is 22.5 Å². The van der Waals surface area contributed by atoms with E-state index in [1.54, 1.807) is 0 Å². The lowest BCUT2D eigenvalue weighted by Crippen LogP contribution is -2.41. The predicted octanol–water partition coefficient (Wildman–Crippen LogP) is 3.98. The molecule has 0 N–H and O–H groups in total. The van der Waals surface area contributed by atoms with Gasteiger partial charge in [0.15, 0.2) is 24.6 Å². The summed E-state index contributed by atoms with van der Waals surface area (Å²) in [6, 6.07) is 28.4. The van der Waals surface area contributed by atoms with E-state index in [9.17, 15) is 0 Å². The molecule has 5 heterocycles. The Kier molecular flexibility index (Phi) is 8.32. The normalized spacial score (nSPS) is 13.9. The monoisotopic (exact) mass is 614 g/mol. The summed E-state index contributed by atoms with van der Waals surface area (Å²) < 4.78 is 20.6. The number of rotatable bonds is 10. The number of nitrogens with zero attached hydrogens (tertiary/aromatic N) is 8. The minimum atomic E-state index is 0.504. The van der Waals surface area contributed by atoms with Gasteiger partial charge in [0.05, 0.1) is 65.1 Å². The third-order valence-corrected chi connectivity index (χ3v) is 8.37. The Labute approximate surface area is 268 Å². The molecule has 1 saturated heterocycles. The molecule has 0 aliphatic carbocycles. The highest BCUT2D eigenvalue weighted by atomic mass is 16.5. The average molecular weight is 615 g/mol. The van der Waals surface area contributed by atoms with Crippen LogP contribution in [0.3, 0.4) is 0 Å². The van der Waals surface area contributed by atoms with Crippen molar-refractivity contribution in [1.29, 1.82) is 0 Å². The zero-order valence-corrected chi connectivity index (χ0v) is 26.2. The Morgan fingerprint density at radius 2 is 1.00 bits per heavy atom. The lowest BCUT2D eigenvalue weighted by Gasteiger charge is -2.31. The van der Waals surface area contributed by atoms with Crippen molar-refractivity contribution in [2.24, 2.45) is 24.3 Å². The van der Waals surface area contributed by atoms with E-state index in [-0.39, 0.29) is 0 Å². The minimum Gasteiger partial charge on any atom is -0.485 e. The van der Waals surface area contributed by atoms with E-state index >= 15 is 0 Å². The third kappa shape index (κ3) is 6.56. The minimum absolute atomic E-state index is 0.504. The van der Waals surface area contributed by atoms with Crippen molar-refractivity contribution >= 4 is 23.7 Å². The van der Waals surface area contributed by atoms with Gasteiger partial charge in [-0.3, -0.25) is 10.0 Å². The zero-order chi connectivity index (χ0) is 31.3. The van der Waals surface area contributed by atoms with Crippen molar-refractivity contribution in [2.75, 3.05) is 26.2 Å². The SMILES string of the molecule is Cn1c(COc2ccc(/C=N\N3CCN(/N=C\c4ccc(OCc5c[n+]6ccccc6n5C)cc4)CC3)cc2)c[n+]2ccccc12. The van der Waals surface area contributed by atoms with Gasteiger partial charge in [-0.25, -0.2) is 17.9 Å². The number of aromatic nitrogens is 4. The van der Waals surface area contributed by atoms with Crippen molar-refractivity contribution in [3.63, 3.8) is 0 Å². The summed E-state index contributed by atoms with van der Waals surface area (Å²) in [6.07, 6.45) is 12.1. The maximum atomic E-state index is 6.05. The van der Waals surface area contributed by atoms with E-state index in [0.29, 0.717) is 13.2 Å². The van der Waals surface area contributed by atoms with Gasteiger partial charge < -0.3 is 9.47 Å². The molecule has 7 rings (SSSR count). The predicted molar refractivity (Wildman–Crippen MR) is 177 cm³/mol. The first-order valence-electron chi connectivity index (χ1n) is 15.5. The Morgan fingerprint density at radius 1 is 0.587 bits per heavy atom. The van der Waals surface area contributed by atoms with E-state index in [0.717, 1.165) is 71.5 Å². The number of aryl methyl sites for hydroxylation is 2. The molecule has 0 amide bonds. The molecule has 232 valence electrons. The van der Waals surface area contributed by atoms with E-state index in [1.807, 2.05) is 97.6 Å². The molecule has 0 bridgehead atoms. The van der Waals surface area contributed by atoms with Gasteiger partial charge in [0.25, 0.3) is 11.3 Å². The molecule has 10 heteroatoms. The molecule has 1 fully saturated rings. The van der Waals surface area contributed by atoms with Gasteiger partial charge in [-0.1, -0.05) is 12.1 Å². The number of fused-ring (bicyclic) bond motifs is 2. The second kappa shape index (κ2) is 13.2. The molecule has 0 spiro atoms. The lowest BCUT2D eigenvalue weighted by molar-refractivity contribution is -0.511. The first-order chi connectivity index (χ1) is 22.6. The number of benzene rings is 2. The van der Waals surface area contributed by atoms with Crippen LogP contribution in [0.2, 0.25) is 0 Å². The average Bonchev–Trinajstić information content (AvgIpc) is 3.61. The fourth-order valence-electron chi connectivity index (χ4n) is 5.57. The fourth-order valence-corrected chi connectivity index (χ4v) is 5.57. The Morgan fingerprint density at radius 3 is 1.39 bits per heavy atom. The fraction of sp³-hybridized carbons (Fsp3) is 0.222. The number of hydrazone groups is 2. The second-order valence-electron chi connectivity index (χ2n) is 11.4. The highest BCUT2D eigenvalue weighted by Crippen LogP contribution is 2.16. The van der Waals surface area contributed by atoms with E-state index in [4.69, 9.17) is 19.7 Å². The molecule has 2 aromatic carbocycles. The quantitative estimate of drug-likeness (QED) is 0.173. The molecule has 1 aliphatic heterocycles. The molecule has 46 heavy (non-hydrogen) atoms. The number of hydrogen-bond donors (Lipinski definition) is 0. The third-order valence-electron chi connectivity index (χ3n) is 8.37. The van der Waals surface area contributed by atoms with Gasteiger partial charge in [0.1, 0.15) is 23.9 Å². The van der Waals surface area contributed by atoms with E-state index in [2.05, 4.69) is 66.6 Å². The second-order valence-corrected chi connectivity index (χ2v) is 11.4. The Hall–Kier alpha value is -5.64. The number of pyridine rings is 2. The van der Waals surface area contributed by atoms with Crippen LogP contribution in [0, 0.1) is 0 Å². The molecule has 0 atom stereocenters. The summed E-state index contributed by atoms with van der Waals surface area (Å²) in [7, 11) is 4.12. The Balaban J connectivity index is 0.846. The van der Waals surface area contributed by atoms with Crippen molar-refractivity contribution in [3.8, 4) is 11.5 Å². The lowest BCUT2D eigenvalue weighted by atomic mass is 10.2. The first kappa shape index (κ1) is 29.1. The van der Waals surface area contributed by atoms with Crippen LogP contribution >= 0.6 is 0 Å².